The minimum absolute atomic E-state index is 0.0164. The van der Waals surface area contributed by atoms with Crippen molar-refractivity contribution in [3.05, 3.63) is 63.1 Å². The van der Waals surface area contributed by atoms with E-state index >= 15 is 0 Å². The molecule has 2 aromatic carbocycles. The zero-order chi connectivity index (χ0) is 20.9. The van der Waals surface area contributed by atoms with Crippen LogP contribution in [0.2, 0.25) is 10.0 Å². The Hall–Kier alpha value is -2.08. The highest BCUT2D eigenvalue weighted by atomic mass is 35.5. The topological polar surface area (TPSA) is 52.7 Å². The standard InChI is InChI=1S/C22H23Cl2N3O2/c1-12(2)20-21(28)27(22(29)25-20)19-7-5-4-6-14(19)16-10-26(3)11-17-15(16)8-13(23)9-18(17)24/h4-9,12,16,20H,10-11H2,1-3H3,(H,25,29)/t16-,20?/m0/s1. The Bertz CT molecular complexity index is 992. The Kier molecular flexibility index (Phi) is 5.32. The molecule has 2 heterocycles. The third-order valence-corrected chi connectivity index (χ3v) is 6.24. The number of nitrogens with one attached hydrogen (secondary N) is 1. The fourth-order valence-corrected chi connectivity index (χ4v) is 4.84. The van der Waals surface area contributed by atoms with Gasteiger partial charge in [0.15, 0.2) is 0 Å². The summed E-state index contributed by atoms with van der Waals surface area (Å²) in [5.74, 6) is -0.261. The minimum atomic E-state index is -0.513. The number of nitrogens with zero attached hydrogens (tertiary/aromatic N) is 2. The Balaban J connectivity index is 1.83. The number of fused-ring (bicyclic) bond motifs is 1. The van der Waals surface area contributed by atoms with Gasteiger partial charge in [0.2, 0.25) is 0 Å². The van der Waals surface area contributed by atoms with Gasteiger partial charge >= 0.3 is 6.03 Å². The number of para-hydroxylation sites is 1. The summed E-state index contributed by atoms with van der Waals surface area (Å²) >= 11 is 12.8. The zero-order valence-corrected chi connectivity index (χ0v) is 18.1. The molecule has 0 aromatic heterocycles. The Morgan fingerprint density at radius 3 is 2.52 bits per heavy atom. The molecular weight excluding hydrogens is 409 g/mol. The number of rotatable bonds is 3. The van der Waals surface area contributed by atoms with E-state index < -0.39 is 6.04 Å². The fraction of sp³-hybridized carbons (Fsp3) is 0.364. The first-order valence-corrected chi connectivity index (χ1v) is 10.4. The van der Waals surface area contributed by atoms with E-state index in [1.807, 2.05) is 51.2 Å². The fourth-order valence-electron chi connectivity index (χ4n) is 4.28. The van der Waals surface area contributed by atoms with E-state index in [4.69, 9.17) is 23.2 Å². The summed E-state index contributed by atoms with van der Waals surface area (Å²) in [6.45, 7) is 5.31. The summed E-state index contributed by atoms with van der Waals surface area (Å²) in [6, 6.07) is 10.4. The molecule has 5 nitrogen and oxygen atoms in total. The molecule has 1 saturated heterocycles. The van der Waals surface area contributed by atoms with Crippen LogP contribution in [0.5, 0.6) is 0 Å². The molecule has 2 aromatic rings. The van der Waals surface area contributed by atoms with Gasteiger partial charge < -0.3 is 10.2 Å². The van der Waals surface area contributed by atoms with Crippen LogP contribution in [0.4, 0.5) is 10.5 Å². The van der Waals surface area contributed by atoms with Crippen LogP contribution >= 0.6 is 23.2 Å². The molecule has 0 spiro atoms. The van der Waals surface area contributed by atoms with E-state index in [1.54, 1.807) is 6.07 Å². The summed E-state index contributed by atoms with van der Waals surface area (Å²) in [5.41, 5.74) is 3.59. The summed E-state index contributed by atoms with van der Waals surface area (Å²) in [4.78, 5) is 29.2. The van der Waals surface area contributed by atoms with E-state index in [0.29, 0.717) is 15.7 Å². The number of amides is 3. The minimum Gasteiger partial charge on any atom is -0.325 e. The van der Waals surface area contributed by atoms with E-state index in [-0.39, 0.29) is 23.8 Å². The lowest BCUT2D eigenvalue weighted by Gasteiger charge is -2.35. The molecule has 4 rings (SSSR count). The van der Waals surface area contributed by atoms with Crippen LogP contribution in [0, 0.1) is 5.92 Å². The van der Waals surface area contributed by atoms with Gasteiger partial charge in [0.25, 0.3) is 5.91 Å². The third-order valence-electron chi connectivity index (χ3n) is 5.68. The van der Waals surface area contributed by atoms with Gasteiger partial charge in [-0.05, 0) is 47.9 Å². The second kappa shape index (κ2) is 7.63. The van der Waals surface area contributed by atoms with Crippen molar-refractivity contribution in [1.29, 1.82) is 0 Å². The number of imide groups is 1. The van der Waals surface area contributed by atoms with Crippen LogP contribution < -0.4 is 10.2 Å². The maximum atomic E-state index is 13.0. The Morgan fingerprint density at radius 1 is 1.10 bits per heavy atom. The van der Waals surface area contributed by atoms with E-state index in [0.717, 1.165) is 29.8 Å². The lowest BCUT2D eigenvalue weighted by molar-refractivity contribution is -0.119. The number of hydrogen-bond donors (Lipinski definition) is 1. The summed E-state index contributed by atoms with van der Waals surface area (Å²) in [5, 5.41) is 4.03. The number of anilines is 1. The quantitative estimate of drug-likeness (QED) is 0.719. The number of likely N-dealkylation sites (N-methyl/N-ethyl adjacent to an activating group) is 1. The third kappa shape index (κ3) is 3.52. The number of urea groups is 1. The van der Waals surface area contributed by atoms with E-state index in [9.17, 15) is 9.59 Å². The van der Waals surface area contributed by atoms with Gasteiger partial charge in [-0.1, -0.05) is 55.2 Å². The summed E-state index contributed by atoms with van der Waals surface area (Å²) < 4.78 is 0. The number of carbonyl (C=O) groups excluding carboxylic acids is 2. The van der Waals surface area contributed by atoms with Gasteiger partial charge in [0.1, 0.15) is 6.04 Å². The normalized spacial score (nSPS) is 22.2. The van der Waals surface area contributed by atoms with Gasteiger partial charge in [0, 0.05) is 29.1 Å². The van der Waals surface area contributed by atoms with Crippen molar-refractivity contribution in [3.8, 4) is 0 Å². The molecule has 0 aliphatic carbocycles. The van der Waals surface area contributed by atoms with Gasteiger partial charge in [-0.2, -0.15) is 0 Å². The molecule has 2 atom stereocenters. The van der Waals surface area contributed by atoms with Crippen molar-refractivity contribution >= 4 is 40.8 Å². The number of carbonyl (C=O) groups is 2. The molecule has 1 fully saturated rings. The van der Waals surface area contributed by atoms with Crippen LogP contribution in [0.15, 0.2) is 36.4 Å². The molecule has 0 bridgehead atoms. The molecule has 2 aliphatic rings. The lowest BCUT2D eigenvalue weighted by atomic mass is 9.83. The van der Waals surface area contributed by atoms with E-state index in [1.165, 1.54) is 4.90 Å². The average Bonchev–Trinajstić information content (AvgIpc) is 2.96. The maximum absolute atomic E-state index is 13.0. The second-order valence-electron chi connectivity index (χ2n) is 8.11. The van der Waals surface area contributed by atoms with Crippen LogP contribution in [0.25, 0.3) is 0 Å². The van der Waals surface area contributed by atoms with Crippen LogP contribution in [-0.4, -0.2) is 36.5 Å². The van der Waals surface area contributed by atoms with Crippen molar-refractivity contribution in [3.63, 3.8) is 0 Å². The lowest BCUT2D eigenvalue weighted by Crippen LogP contribution is -2.36. The smallest absolute Gasteiger partial charge is 0.325 e. The molecular formula is C22H23Cl2N3O2. The highest BCUT2D eigenvalue weighted by Gasteiger charge is 2.42. The summed E-state index contributed by atoms with van der Waals surface area (Å²) in [7, 11) is 2.03. The SMILES string of the molecule is CC(C)C1NC(=O)N(c2ccccc2[C@@H]2CN(C)Cc3c(Cl)cc(Cl)cc32)C1=O. The molecule has 29 heavy (non-hydrogen) atoms. The first-order chi connectivity index (χ1) is 13.8. The first-order valence-electron chi connectivity index (χ1n) is 9.67. The van der Waals surface area contributed by atoms with Gasteiger partial charge in [0.05, 0.1) is 5.69 Å². The van der Waals surface area contributed by atoms with Gasteiger partial charge in [-0.3, -0.25) is 4.79 Å². The number of benzene rings is 2. The predicted molar refractivity (Wildman–Crippen MR) is 116 cm³/mol. The molecule has 0 saturated carbocycles. The first kappa shape index (κ1) is 20.2. The second-order valence-corrected chi connectivity index (χ2v) is 8.95. The molecule has 1 N–H and O–H groups in total. The highest BCUT2D eigenvalue weighted by molar-refractivity contribution is 6.35. The van der Waals surface area contributed by atoms with Crippen molar-refractivity contribution in [1.82, 2.24) is 10.2 Å². The predicted octanol–water partition coefficient (Wildman–Crippen LogP) is 4.65. The monoisotopic (exact) mass is 431 g/mol. The maximum Gasteiger partial charge on any atom is 0.329 e. The number of halogens is 2. The average molecular weight is 432 g/mol. The van der Waals surface area contributed by atoms with Crippen LogP contribution in [0.1, 0.15) is 36.5 Å². The highest BCUT2D eigenvalue weighted by Crippen LogP contribution is 2.41. The molecule has 0 radical (unpaired) electrons. The Morgan fingerprint density at radius 2 is 1.83 bits per heavy atom. The molecule has 7 heteroatoms. The molecule has 2 aliphatic heterocycles. The molecule has 152 valence electrons. The van der Waals surface area contributed by atoms with Gasteiger partial charge in [-0.15, -0.1) is 0 Å². The molecule has 3 amide bonds. The van der Waals surface area contributed by atoms with Crippen LogP contribution in [-0.2, 0) is 11.3 Å². The van der Waals surface area contributed by atoms with Crippen molar-refractivity contribution in [2.24, 2.45) is 5.92 Å². The number of hydrogen-bond acceptors (Lipinski definition) is 3. The van der Waals surface area contributed by atoms with Gasteiger partial charge in [-0.25, -0.2) is 9.69 Å². The summed E-state index contributed by atoms with van der Waals surface area (Å²) in [6.07, 6.45) is 0. The zero-order valence-electron chi connectivity index (χ0n) is 16.6. The Labute approximate surface area is 180 Å². The van der Waals surface area contributed by atoms with Crippen LogP contribution in [0.3, 0.4) is 0 Å². The van der Waals surface area contributed by atoms with Crippen molar-refractivity contribution < 1.29 is 9.59 Å². The molecule has 1 unspecified atom stereocenters. The van der Waals surface area contributed by atoms with Crippen molar-refractivity contribution in [2.75, 3.05) is 18.5 Å². The van der Waals surface area contributed by atoms with E-state index in [2.05, 4.69) is 10.2 Å². The largest absolute Gasteiger partial charge is 0.329 e. The van der Waals surface area contributed by atoms with Crippen molar-refractivity contribution in [2.45, 2.75) is 32.4 Å².